The van der Waals surface area contributed by atoms with Crippen LogP contribution in [0.25, 0.3) is 0 Å². The van der Waals surface area contributed by atoms with Crippen molar-refractivity contribution < 1.29 is 4.74 Å². The topological polar surface area (TPSA) is 51.6 Å². The molecule has 1 heterocycles. The molecule has 1 rings (SSSR count). The van der Waals surface area contributed by atoms with E-state index in [0.717, 1.165) is 0 Å². The highest BCUT2D eigenvalue weighted by Crippen LogP contribution is 2.22. The van der Waals surface area contributed by atoms with E-state index in [-0.39, 0.29) is 18.2 Å². The third kappa shape index (κ3) is 2.47. The minimum atomic E-state index is 0. The molecule has 0 radical (unpaired) electrons. The Labute approximate surface area is 76.3 Å². The highest BCUT2D eigenvalue weighted by atomic mass is 35.5. The van der Waals surface area contributed by atoms with Gasteiger partial charge in [0, 0.05) is 6.20 Å². The molecule has 12 heavy (non-hydrogen) atoms. The van der Waals surface area contributed by atoms with Crippen LogP contribution in [0.4, 0.5) is 5.82 Å². The summed E-state index contributed by atoms with van der Waals surface area (Å²) >= 11 is 0. The number of rotatable bonds is 3. The predicted molar refractivity (Wildman–Crippen MR) is 48.1 cm³/mol. The van der Waals surface area contributed by atoms with Gasteiger partial charge in [-0.2, -0.15) is 0 Å². The Morgan fingerprint density at radius 3 is 3.00 bits per heavy atom. The standard InChI is InChI=1S/C7H8N2O2.ClH/c1-2-11-6-4-3-5-8-7(6)9-10;/h3-5H,2H2,1H3;1H. The summed E-state index contributed by atoms with van der Waals surface area (Å²) in [5.74, 6) is 0.541. The molecule has 0 spiro atoms. The minimum absolute atomic E-state index is 0. The molecule has 0 aliphatic heterocycles. The molecule has 0 saturated heterocycles. The monoisotopic (exact) mass is 188 g/mol. The second-order valence-electron chi connectivity index (χ2n) is 1.85. The third-order valence-corrected chi connectivity index (χ3v) is 1.14. The fraction of sp³-hybridized carbons (Fsp3) is 0.286. The van der Waals surface area contributed by atoms with Crippen LogP contribution in [0, 0.1) is 4.91 Å². The van der Waals surface area contributed by atoms with E-state index in [1.54, 1.807) is 12.1 Å². The molecule has 1 aromatic heterocycles. The number of halogens is 1. The maximum atomic E-state index is 10.1. The first-order chi connectivity index (χ1) is 5.38. The first kappa shape index (κ1) is 10.8. The van der Waals surface area contributed by atoms with E-state index >= 15 is 0 Å². The Bertz CT molecular complexity index is 255. The SMILES string of the molecule is CCOc1cccnc1N=O.Cl. The Balaban J connectivity index is 0.00000121. The summed E-state index contributed by atoms with van der Waals surface area (Å²) in [6, 6.07) is 3.35. The largest absolute Gasteiger partial charge is 0.490 e. The molecule has 1 aromatic rings. The summed E-state index contributed by atoms with van der Waals surface area (Å²) in [6.07, 6.45) is 1.50. The fourth-order valence-corrected chi connectivity index (χ4v) is 0.719. The smallest absolute Gasteiger partial charge is 0.238 e. The van der Waals surface area contributed by atoms with Gasteiger partial charge in [-0.05, 0) is 24.2 Å². The second-order valence-corrected chi connectivity index (χ2v) is 1.85. The Morgan fingerprint density at radius 1 is 1.67 bits per heavy atom. The van der Waals surface area contributed by atoms with Crippen LogP contribution in [0.15, 0.2) is 23.5 Å². The quantitative estimate of drug-likeness (QED) is 0.684. The van der Waals surface area contributed by atoms with E-state index in [1.807, 2.05) is 6.92 Å². The molecule has 0 atom stereocenters. The lowest BCUT2D eigenvalue weighted by molar-refractivity contribution is 0.340. The first-order valence-electron chi connectivity index (χ1n) is 3.29. The number of hydrogen-bond acceptors (Lipinski definition) is 4. The van der Waals surface area contributed by atoms with Gasteiger partial charge in [0.25, 0.3) is 0 Å². The Kier molecular flexibility index (Phi) is 4.96. The number of ether oxygens (including phenoxy) is 1. The Hall–Kier alpha value is -1.16. The van der Waals surface area contributed by atoms with Gasteiger partial charge in [0.05, 0.1) is 6.61 Å². The van der Waals surface area contributed by atoms with Gasteiger partial charge in [-0.25, -0.2) is 4.98 Å². The van der Waals surface area contributed by atoms with E-state index in [0.29, 0.717) is 12.4 Å². The van der Waals surface area contributed by atoms with Crippen molar-refractivity contribution in [3.63, 3.8) is 0 Å². The van der Waals surface area contributed by atoms with Crippen molar-refractivity contribution in [3.8, 4) is 5.75 Å². The molecule has 5 heteroatoms. The summed E-state index contributed by atoms with van der Waals surface area (Å²) in [5, 5.41) is 2.70. The first-order valence-corrected chi connectivity index (χ1v) is 3.29. The van der Waals surface area contributed by atoms with Gasteiger partial charge in [0.2, 0.25) is 5.82 Å². The van der Waals surface area contributed by atoms with Gasteiger partial charge >= 0.3 is 0 Å². The van der Waals surface area contributed by atoms with Crippen LogP contribution >= 0.6 is 12.4 Å². The van der Waals surface area contributed by atoms with Crippen LogP contribution in [-0.4, -0.2) is 11.6 Å². The maximum absolute atomic E-state index is 10.1. The zero-order valence-corrected chi connectivity index (χ0v) is 7.37. The normalized spacial score (nSPS) is 8.42. The summed E-state index contributed by atoms with van der Waals surface area (Å²) < 4.78 is 5.07. The van der Waals surface area contributed by atoms with Crippen molar-refractivity contribution in [1.82, 2.24) is 4.98 Å². The summed E-state index contributed by atoms with van der Waals surface area (Å²) in [7, 11) is 0. The van der Waals surface area contributed by atoms with Crippen LogP contribution < -0.4 is 4.74 Å². The van der Waals surface area contributed by atoms with Crippen LogP contribution in [0.3, 0.4) is 0 Å². The van der Waals surface area contributed by atoms with Crippen molar-refractivity contribution in [2.75, 3.05) is 6.61 Å². The van der Waals surface area contributed by atoms with E-state index in [1.165, 1.54) is 6.20 Å². The zero-order chi connectivity index (χ0) is 8.10. The van der Waals surface area contributed by atoms with Crippen molar-refractivity contribution >= 4 is 18.2 Å². The number of pyridine rings is 1. The average molecular weight is 189 g/mol. The lowest BCUT2D eigenvalue weighted by atomic mass is 10.4. The zero-order valence-electron chi connectivity index (χ0n) is 6.56. The van der Waals surface area contributed by atoms with E-state index in [2.05, 4.69) is 10.2 Å². The van der Waals surface area contributed by atoms with Crippen LogP contribution in [0.2, 0.25) is 0 Å². The molecule has 0 aliphatic carbocycles. The predicted octanol–water partition coefficient (Wildman–Crippen LogP) is 2.30. The van der Waals surface area contributed by atoms with Crippen molar-refractivity contribution in [1.29, 1.82) is 0 Å². The highest BCUT2D eigenvalue weighted by Gasteiger charge is 2.01. The molecule has 4 nitrogen and oxygen atoms in total. The summed E-state index contributed by atoms with van der Waals surface area (Å²) in [4.78, 5) is 13.8. The summed E-state index contributed by atoms with van der Waals surface area (Å²) in [6.45, 7) is 2.34. The molecule has 0 aromatic carbocycles. The number of aromatic nitrogens is 1. The minimum Gasteiger partial charge on any atom is -0.490 e. The third-order valence-electron chi connectivity index (χ3n) is 1.14. The molecule has 66 valence electrons. The van der Waals surface area contributed by atoms with Crippen LogP contribution in [0.5, 0.6) is 5.75 Å². The Morgan fingerprint density at radius 2 is 2.42 bits per heavy atom. The van der Waals surface area contributed by atoms with Gasteiger partial charge in [0.15, 0.2) is 5.75 Å². The maximum Gasteiger partial charge on any atom is 0.238 e. The molecule has 0 aliphatic rings. The number of hydrogen-bond donors (Lipinski definition) is 0. The van der Waals surface area contributed by atoms with Crippen molar-refractivity contribution in [3.05, 3.63) is 23.2 Å². The summed E-state index contributed by atoms with van der Waals surface area (Å²) in [5.41, 5.74) is 0. The van der Waals surface area contributed by atoms with Crippen molar-refractivity contribution in [2.45, 2.75) is 6.92 Å². The molecular formula is C7H9ClN2O2. The van der Waals surface area contributed by atoms with E-state index in [9.17, 15) is 4.91 Å². The molecule has 0 unspecified atom stereocenters. The van der Waals surface area contributed by atoms with Gasteiger partial charge in [0.1, 0.15) is 0 Å². The molecule has 0 saturated carbocycles. The molecule has 0 fully saturated rings. The van der Waals surface area contributed by atoms with Gasteiger partial charge < -0.3 is 4.74 Å². The second kappa shape index (κ2) is 5.49. The lowest BCUT2D eigenvalue weighted by Crippen LogP contribution is -1.91. The lowest BCUT2D eigenvalue weighted by Gasteiger charge is -2.01. The van der Waals surface area contributed by atoms with Crippen LogP contribution in [-0.2, 0) is 0 Å². The number of nitroso groups, excluding NO2 is 1. The van der Waals surface area contributed by atoms with Gasteiger partial charge in [-0.1, -0.05) is 0 Å². The van der Waals surface area contributed by atoms with Gasteiger partial charge in [-0.15, -0.1) is 17.3 Å². The van der Waals surface area contributed by atoms with E-state index in [4.69, 9.17) is 4.74 Å². The highest BCUT2D eigenvalue weighted by molar-refractivity contribution is 5.85. The van der Waals surface area contributed by atoms with Crippen molar-refractivity contribution in [2.24, 2.45) is 5.18 Å². The molecule has 0 bridgehead atoms. The molecular weight excluding hydrogens is 180 g/mol. The molecule has 0 N–H and O–H groups in total. The van der Waals surface area contributed by atoms with Crippen LogP contribution in [0.1, 0.15) is 6.92 Å². The number of nitrogens with zero attached hydrogens (tertiary/aromatic N) is 2. The fourth-order valence-electron chi connectivity index (χ4n) is 0.719. The van der Waals surface area contributed by atoms with E-state index < -0.39 is 0 Å². The van der Waals surface area contributed by atoms with Gasteiger partial charge in [-0.3, -0.25) is 0 Å². The average Bonchev–Trinajstić information content (AvgIpc) is 2.06. The molecule has 0 amide bonds.